The van der Waals surface area contributed by atoms with E-state index in [-0.39, 0.29) is 11.0 Å². The van der Waals surface area contributed by atoms with E-state index in [1.165, 1.54) is 24.5 Å². The van der Waals surface area contributed by atoms with Crippen LogP contribution in [0.15, 0.2) is 53.8 Å². The minimum Gasteiger partial charge on any atom is -0.339 e. The number of fused-ring (bicyclic) bond motifs is 2. The molecule has 0 bridgehead atoms. The van der Waals surface area contributed by atoms with Crippen molar-refractivity contribution in [3.63, 3.8) is 0 Å². The highest BCUT2D eigenvalue weighted by Gasteiger charge is 2.26. The Kier molecular flexibility index (Phi) is 5.25. The summed E-state index contributed by atoms with van der Waals surface area (Å²) in [6, 6.07) is 11.8. The number of halogens is 1. The number of imidazole rings is 1. The van der Waals surface area contributed by atoms with Gasteiger partial charge in [0.1, 0.15) is 5.69 Å². The van der Waals surface area contributed by atoms with E-state index in [4.69, 9.17) is 4.98 Å². The van der Waals surface area contributed by atoms with Gasteiger partial charge in [0, 0.05) is 41.0 Å². The molecule has 2 aliphatic heterocycles. The third-order valence-electron chi connectivity index (χ3n) is 7.03. The summed E-state index contributed by atoms with van der Waals surface area (Å²) in [5.74, 6) is 0.537. The molecule has 0 amide bonds. The number of H-pyrrole nitrogens is 2. The van der Waals surface area contributed by atoms with Crippen LogP contribution in [0.25, 0.3) is 33.5 Å². The minimum atomic E-state index is -0.203. The molecule has 1 saturated heterocycles. The first-order valence-corrected chi connectivity index (χ1v) is 13.0. The first-order valence-electron chi connectivity index (χ1n) is 12.2. The van der Waals surface area contributed by atoms with Crippen molar-refractivity contribution >= 4 is 28.5 Å². The van der Waals surface area contributed by atoms with Gasteiger partial charge in [-0.15, -0.1) is 11.3 Å². The molecule has 0 spiro atoms. The molecule has 2 aliphatic rings. The van der Waals surface area contributed by atoms with Gasteiger partial charge in [0.25, 0.3) is 0 Å². The average molecular weight is 498 g/mol. The Hall–Kier alpha value is -3.69. The summed E-state index contributed by atoms with van der Waals surface area (Å²) in [4.78, 5) is 20.7. The van der Waals surface area contributed by atoms with Crippen molar-refractivity contribution < 1.29 is 4.39 Å². The van der Waals surface area contributed by atoms with E-state index in [0.717, 1.165) is 75.0 Å². The van der Waals surface area contributed by atoms with Crippen LogP contribution in [-0.4, -0.2) is 49.4 Å². The number of nitrogens with zero attached hydrogens (tertiary/aromatic N) is 5. The van der Waals surface area contributed by atoms with Gasteiger partial charge in [0.05, 0.1) is 29.4 Å². The summed E-state index contributed by atoms with van der Waals surface area (Å²) < 4.78 is 13.7. The van der Waals surface area contributed by atoms with Gasteiger partial charge in [-0.25, -0.2) is 4.98 Å². The van der Waals surface area contributed by atoms with Crippen molar-refractivity contribution in [3.8, 4) is 22.6 Å². The number of hydrogen-bond acceptors (Lipinski definition) is 6. The third kappa shape index (κ3) is 3.84. The van der Waals surface area contributed by atoms with Crippen LogP contribution in [0, 0.1) is 5.13 Å². The molecular weight excluding hydrogens is 473 g/mol. The van der Waals surface area contributed by atoms with Gasteiger partial charge in [0.2, 0.25) is 0 Å². The van der Waals surface area contributed by atoms with Gasteiger partial charge in [-0.2, -0.15) is 9.49 Å². The van der Waals surface area contributed by atoms with Gasteiger partial charge in [-0.1, -0.05) is 6.07 Å². The van der Waals surface area contributed by atoms with E-state index in [2.05, 4.69) is 54.3 Å². The second kappa shape index (κ2) is 8.76. The van der Waals surface area contributed by atoms with Gasteiger partial charge in [0.15, 0.2) is 11.0 Å². The van der Waals surface area contributed by atoms with Gasteiger partial charge in [-0.05, 0) is 67.4 Å². The summed E-state index contributed by atoms with van der Waals surface area (Å²) >= 11 is 1.14. The Labute approximate surface area is 211 Å². The predicted molar refractivity (Wildman–Crippen MR) is 140 cm³/mol. The van der Waals surface area contributed by atoms with Crippen molar-refractivity contribution in [3.05, 3.63) is 75.8 Å². The van der Waals surface area contributed by atoms with Gasteiger partial charge >= 0.3 is 0 Å². The van der Waals surface area contributed by atoms with E-state index in [1.807, 2.05) is 24.7 Å². The van der Waals surface area contributed by atoms with Crippen molar-refractivity contribution in [1.29, 1.82) is 0 Å². The molecule has 1 unspecified atom stereocenters. The molecule has 4 aromatic heterocycles. The molecule has 1 fully saturated rings. The van der Waals surface area contributed by atoms with E-state index >= 15 is 0 Å². The summed E-state index contributed by atoms with van der Waals surface area (Å²) in [6.07, 6.45) is 8.30. The van der Waals surface area contributed by atoms with E-state index < -0.39 is 0 Å². The standard InChI is InChI=1S/C27H24FN7S/c28-24-6-5-23(36-24)20-13-30-14-22-25(20)32-27(31-22)26-19-10-17(3-4-21(19)33-34-26)18-9-16(11-29-12-18)15-35-7-1-2-8-35/h3-6,9-13,20H,1-2,7-8,14-15H2,(H,31,32)(H,33,34). The molecule has 0 saturated carbocycles. The molecule has 2 N–H and O–H groups in total. The zero-order chi connectivity index (χ0) is 24.1. The van der Waals surface area contributed by atoms with Crippen LogP contribution in [0.2, 0.25) is 0 Å². The lowest BCUT2D eigenvalue weighted by Gasteiger charge is -2.14. The summed E-state index contributed by atoms with van der Waals surface area (Å²) in [6.45, 7) is 3.79. The molecule has 5 aromatic rings. The Morgan fingerprint density at radius 1 is 1.06 bits per heavy atom. The topological polar surface area (TPSA) is 85.8 Å². The molecule has 0 aliphatic carbocycles. The zero-order valence-electron chi connectivity index (χ0n) is 19.5. The molecule has 6 heterocycles. The summed E-state index contributed by atoms with van der Waals surface area (Å²) in [5.41, 5.74) is 6.94. The fourth-order valence-corrected chi connectivity index (χ4v) is 6.04. The molecular formula is C27H24FN7S. The third-order valence-corrected chi connectivity index (χ3v) is 7.99. The first-order chi connectivity index (χ1) is 17.7. The number of rotatable bonds is 5. The minimum absolute atomic E-state index is 0.154. The molecule has 7 rings (SSSR count). The molecule has 7 nitrogen and oxygen atoms in total. The fraction of sp³-hybridized carbons (Fsp3) is 0.259. The van der Waals surface area contributed by atoms with Crippen molar-refractivity contribution in [1.82, 2.24) is 30.0 Å². The normalized spacial score (nSPS) is 17.8. The second-order valence-electron chi connectivity index (χ2n) is 9.46. The molecule has 1 aromatic carbocycles. The lowest BCUT2D eigenvalue weighted by molar-refractivity contribution is 0.331. The molecule has 0 radical (unpaired) electrons. The number of thiophene rings is 1. The van der Waals surface area contributed by atoms with Crippen LogP contribution < -0.4 is 0 Å². The Bertz CT molecular complexity index is 1590. The number of nitrogens with one attached hydrogen (secondary N) is 2. The van der Waals surface area contributed by atoms with E-state index in [9.17, 15) is 4.39 Å². The lowest BCUT2D eigenvalue weighted by atomic mass is 10.0. The van der Waals surface area contributed by atoms with E-state index in [0.29, 0.717) is 12.4 Å². The summed E-state index contributed by atoms with van der Waals surface area (Å²) in [5, 5.41) is 8.52. The van der Waals surface area contributed by atoms with Crippen LogP contribution in [0.1, 0.15) is 40.6 Å². The quantitative estimate of drug-likeness (QED) is 0.334. The maximum absolute atomic E-state index is 13.7. The maximum atomic E-state index is 13.7. The maximum Gasteiger partial charge on any atom is 0.176 e. The lowest BCUT2D eigenvalue weighted by Crippen LogP contribution is -2.18. The zero-order valence-corrected chi connectivity index (χ0v) is 20.4. The first kappa shape index (κ1) is 21.6. The van der Waals surface area contributed by atoms with Crippen molar-refractivity contribution in [2.24, 2.45) is 4.99 Å². The number of aliphatic imine (C=N–C) groups is 1. The molecule has 180 valence electrons. The number of pyridine rings is 1. The highest BCUT2D eigenvalue weighted by molar-refractivity contribution is 7.10. The van der Waals surface area contributed by atoms with Crippen molar-refractivity contribution in [2.75, 3.05) is 13.1 Å². The number of aromatic nitrogens is 5. The molecule has 1 atom stereocenters. The van der Waals surface area contributed by atoms with Crippen molar-refractivity contribution in [2.45, 2.75) is 31.8 Å². The van der Waals surface area contributed by atoms with E-state index in [1.54, 1.807) is 0 Å². The number of likely N-dealkylation sites (tertiary alicyclic amines) is 1. The predicted octanol–water partition coefficient (Wildman–Crippen LogP) is 5.53. The van der Waals surface area contributed by atoms with Gasteiger partial charge < -0.3 is 4.98 Å². The highest BCUT2D eigenvalue weighted by atomic mass is 32.1. The average Bonchev–Trinajstić information content (AvgIpc) is 3.70. The SMILES string of the molecule is Fc1ccc(C2C=NCc3[nH]c(-c4n[nH]c5ccc(-c6cncc(CN7CCCC7)c6)cc45)nc32)s1. The monoisotopic (exact) mass is 497 g/mol. The van der Waals surface area contributed by atoms with Crippen LogP contribution in [0.3, 0.4) is 0 Å². The van der Waals surface area contributed by atoms with Crippen LogP contribution in [0.5, 0.6) is 0 Å². The highest BCUT2D eigenvalue weighted by Crippen LogP contribution is 2.35. The van der Waals surface area contributed by atoms with Crippen LogP contribution in [0.4, 0.5) is 4.39 Å². The van der Waals surface area contributed by atoms with Crippen LogP contribution >= 0.6 is 11.3 Å². The largest absolute Gasteiger partial charge is 0.339 e. The number of hydrogen-bond donors (Lipinski definition) is 2. The second-order valence-corrected chi connectivity index (χ2v) is 10.5. The Morgan fingerprint density at radius 3 is 2.83 bits per heavy atom. The number of aromatic amines is 2. The number of benzene rings is 1. The molecule has 36 heavy (non-hydrogen) atoms. The van der Waals surface area contributed by atoms with Gasteiger partial charge in [-0.3, -0.25) is 20.0 Å². The fourth-order valence-electron chi connectivity index (χ4n) is 5.24. The Morgan fingerprint density at radius 2 is 1.97 bits per heavy atom. The molecule has 9 heteroatoms. The summed E-state index contributed by atoms with van der Waals surface area (Å²) in [7, 11) is 0. The smallest absolute Gasteiger partial charge is 0.176 e. The van der Waals surface area contributed by atoms with Crippen LogP contribution in [-0.2, 0) is 13.1 Å². The Balaban J connectivity index is 1.24.